The van der Waals surface area contributed by atoms with Crippen LogP contribution in [0.5, 0.6) is 0 Å². The number of allylic oxidation sites excluding steroid dienone is 8. The van der Waals surface area contributed by atoms with Gasteiger partial charge in [0.25, 0.3) is 0 Å². The molecule has 0 N–H and O–H groups in total. The summed E-state index contributed by atoms with van der Waals surface area (Å²) < 4.78 is 0. The van der Waals surface area contributed by atoms with E-state index in [0.717, 1.165) is 13.0 Å². The molecule has 1 unspecified atom stereocenters. The van der Waals surface area contributed by atoms with E-state index < -0.39 is 0 Å². The first-order valence-electron chi connectivity index (χ1n) is 6.98. The highest BCUT2D eigenvalue weighted by Gasteiger charge is 2.12. The highest BCUT2D eigenvalue weighted by molar-refractivity contribution is 5.41. The fourth-order valence-corrected chi connectivity index (χ4v) is 2.15. The molecule has 0 saturated carbocycles. The number of nitrogens with zero attached hydrogens (tertiary/aromatic N) is 1. The second-order valence-electron chi connectivity index (χ2n) is 5.11. The summed E-state index contributed by atoms with van der Waals surface area (Å²) in [6.07, 6.45) is 10.1. The lowest BCUT2D eigenvalue weighted by molar-refractivity contribution is 0.438. The fourth-order valence-electron chi connectivity index (χ4n) is 2.15. The molecule has 0 fully saturated rings. The molecule has 0 aromatic carbocycles. The predicted octanol–water partition coefficient (Wildman–Crippen LogP) is 4.70. The van der Waals surface area contributed by atoms with Crippen LogP contribution in [-0.2, 0) is 0 Å². The molecular formula is C17H27N. The third-order valence-electron chi connectivity index (χ3n) is 4.09. The summed E-state index contributed by atoms with van der Waals surface area (Å²) in [5.41, 5.74) is 5.69. The highest BCUT2D eigenvalue weighted by Crippen LogP contribution is 2.27. The minimum atomic E-state index is 0.573. The first-order chi connectivity index (χ1) is 8.51. The Bertz CT molecular complexity index is 407. The summed E-state index contributed by atoms with van der Waals surface area (Å²) in [5, 5.41) is 0. The Labute approximate surface area is 113 Å². The van der Waals surface area contributed by atoms with Crippen molar-refractivity contribution >= 4 is 0 Å². The van der Waals surface area contributed by atoms with Gasteiger partial charge in [-0.1, -0.05) is 43.7 Å². The van der Waals surface area contributed by atoms with Crippen LogP contribution in [-0.4, -0.2) is 18.5 Å². The molecular weight excluding hydrogens is 218 g/mol. The Balaban J connectivity index is 2.82. The van der Waals surface area contributed by atoms with Gasteiger partial charge in [-0.15, -0.1) is 0 Å². The average Bonchev–Trinajstić information content (AvgIpc) is 2.69. The molecule has 0 aromatic heterocycles. The molecule has 0 aromatic rings. The maximum absolute atomic E-state index is 2.30. The molecule has 100 valence electrons. The van der Waals surface area contributed by atoms with Gasteiger partial charge >= 0.3 is 0 Å². The maximum Gasteiger partial charge on any atom is 0.0143 e. The minimum absolute atomic E-state index is 0.573. The van der Waals surface area contributed by atoms with Crippen molar-refractivity contribution in [2.45, 2.75) is 41.0 Å². The molecule has 0 radical (unpaired) electrons. The predicted molar refractivity (Wildman–Crippen MR) is 81.4 cm³/mol. The van der Waals surface area contributed by atoms with Crippen molar-refractivity contribution in [3.8, 4) is 0 Å². The van der Waals surface area contributed by atoms with Crippen LogP contribution in [0.2, 0.25) is 0 Å². The Kier molecular flexibility index (Phi) is 5.46. The second kappa shape index (κ2) is 6.63. The van der Waals surface area contributed by atoms with E-state index in [4.69, 9.17) is 0 Å². The van der Waals surface area contributed by atoms with Gasteiger partial charge in [0.1, 0.15) is 0 Å². The summed E-state index contributed by atoms with van der Waals surface area (Å²) >= 11 is 0. The Morgan fingerprint density at radius 2 is 2.00 bits per heavy atom. The van der Waals surface area contributed by atoms with Crippen molar-refractivity contribution in [2.75, 3.05) is 13.6 Å². The van der Waals surface area contributed by atoms with E-state index >= 15 is 0 Å². The van der Waals surface area contributed by atoms with Crippen LogP contribution >= 0.6 is 0 Å². The summed E-state index contributed by atoms with van der Waals surface area (Å²) in [4.78, 5) is 2.30. The van der Waals surface area contributed by atoms with Crippen molar-refractivity contribution < 1.29 is 0 Å². The van der Waals surface area contributed by atoms with E-state index in [-0.39, 0.29) is 0 Å². The summed E-state index contributed by atoms with van der Waals surface area (Å²) in [5.74, 6) is 0.573. The Morgan fingerprint density at radius 3 is 2.44 bits per heavy atom. The van der Waals surface area contributed by atoms with E-state index in [1.54, 1.807) is 0 Å². The number of hydrogen-bond donors (Lipinski definition) is 0. The molecule has 0 bridgehead atoms. The quantitative estimate of drug-likeness (QED) is 0.635. The molecule has 0 aliphatic heterocycles. The first-order valence-corrected chi connectivity index (χ1v) is 6.98. The number of hydrogen-bond acceptors (Lipinski definition) is 1. The van der Waals surface area contributed by atoms with Crippen LogP contribution in [0, 0.1) is 5.92 Å². The zero-order chi connectivity index (χ0) is 13.7. The van der Waals surface area contributed by atoms with Gasteiger partial charge < -0.3 is 4.90 Å². The van der Waals surface area contributed by atoms with Crippen LogP contribution in [0.1, 0.15) is 41.0 Å². The maximum atomic E-state index is 2.30. The molecule has 1 nitrogen and oxygen atoms in total. The van der Waals surface area contributed by atoms with Crippen molar-refractivity contribution in [3.63, 3.8) is 0 Å². The van der Waals surface area contributed by atoms with E-state index in [0.29, 0.717) is 5.92 Å². The van der Waals surface area contributed by atoms with E-state index in [1.807, 2.05) is 0 Å². The van der Waals surface area contributed by atoms with E-state index in [1.165, 1.54) is 22.4 Å². The van der Waals surface area contributed by atoms with Crippen molar-refractivity contribution in [3.05, 3.63) is 46.7 Å². The third-order valence-corrected chi connectivity index (χ3v) is 4.09. The molecule has 1 aliphatic rings. The van der Waals surface area contributed by atoms with Gasteiger partial charge in [0.05, 0.1) is 0 Å². The van der Waals surface area contributed by atoms with Gasteiger partial charge in [-0.2, -0.15) is 0 Å². The van der Waals surface area contributed by atoms with Crippen LogP contribution < -0.4 is 0 Å². The van der Waals surface area contributed by atoms with Crippen LogP contribution in [0.15, 0.2) is 46.7 Å². The highest BCUT2D eigenvalue weighted by atomic mass is 15.1. The minimum Gasteiger partial charge on any atom is -0.378 e. The lowest BCUT2D eigenvalue weighted by atomic mass is 9.98. The molecule has 1 rings (SSSR count). The zero-order valence-corrected chi connectivity index (χ0v) is 12.7. The van der Waals surface area contributed by atoms with Crippen LogP contribution in [0.3, 0.4) is 0 Å². The Hall–Kier alpha value is -1.24. The molecule has 0 spiro atoms. The average molecular weight is 245 g/mol. The van der Waals surface area contributed by atoms with Gasteiger partial charge in [0, 0.05) is 25.2 Å². The monoisotopic (exact) mass is 245 g/mol. The SMILES string of the molecule is CCC(/C=C/C1=CC=C(C)C1C)=C(/C)N(C)CC. The lowest BCUT2D eigenvalue weighted by Crippen LogP contribution is -2.16. The van der Waals surface area contributed by atoms with Crippen molar-refractivity contribution in [1.82, 2.24) is 4.90 Å². The molecule has 18 heavy (non-hydrogen) atoms. The standard InChI is InChI=1S/C17H27N/c1-7-16(15(5)18(6)8-2)11-12-17-10-9-13(3)14(17)4/h9-12,14H,7-8H2,1-6H3/b12-11+,16-15+. The second-order valence-corrected chi connectivity index (χ2v) is 5.11. The van der Waals surface area contributed by atoms with Gasteiger partial charge in [-0.3, -0.25) is 0 Å². The topological polar surface area (TPSA) is 3.24 Å². The molecule has 1 heteroatoms. The smallest absolute Gasteiger partial charge is 0.0143 e. The first kappa shape index (κ1) is 14.8. The normalized spacial score (nSPS) is 20.9. The molecule has 0 saturated heterocycles. The fraction of sp³-hybridized carbons (Fsp3) is 0.529. The third kappa shape index (κ3) is 3.38. The van der Waals surface area contributed by atoms with Gasteiger partial charge in [-0.05, 0) is 38.3 Å². The van der Waals surface area contributed by atoms with Gasteiger partial charge in [-0.25, -0.2) is 0 Å². The molecule has 1 aliphatic carbocycles. The lowest BCUT2D eigenvalue weighted by Gasteiger charge is -2.20. The summed E-state index contributed by atoms with van der Waals surface area (Å²) in [7, 11) is 2.15. The summed E-state index contributed by atoms with van der Waals surface area (Å²) in [6.45, 7) is 12.2. The van der Waals surface area contributed by atoms with Crippen molar-refractivity contribution in [2.24, 2.45) is 5.92 Å². The van der Waals surface area contributed by atoms with E-state index in [9.17, 15) is 0 Å². The Morgan fingerprint density at radius 1 is 1.33 bits per heavy atom. The largest absolute Gasteiger partial charge is 0.378 e. The van der Waals surface area contributed by atoms with Crippen molar-refractivity contribution in [1.29, 1.82) is 0 Å². The van der Waals surface area contributed by atoms with Gasteiger partial charge in [0.15, 0.2) is 0 Å². The van der Waals surface area contributed by atoms with Crippen LogP contribution in [0.4, 0.5) is 0 Å². The molecule has 1 atom stereocenters. The van der Waals surface area contributed by atoms with Crippen LogP contribution in [0.25, 0.3) is 0 Å². The number of rotatable bonds is 5. The van der Waals surface area contributed by atoms with Gasteiger partial charge in [0.2, 0.25) is 0 Å². The molecule has 0 amide bonds. The zero-order valence-electron chi connectivity index (χ0n) is 12.7. The molecule has 0 heterocycles. The summed E-state index contributed by atoms with van der Waals surface area (Å²) in [6, 6.07) is 0. The van der Waals surface area contributed by atoms with E-state index in [2.05, 4.69) is 70.9 Å².